The molecule has 0 bridgehead atoms. The Balaban J connectivity index is 1.57. The number of likely N-dealkylation sites (N-methyl/N-ethyl adjacent to an activating group) is 1. The molecule has 2 aromatic rings. The predicted molar refractivity (Wildman–Crippen MR) is 126 cm³/mol. The first-order valence-electron chi connectivity index (χ1n) is 11.3. The van der Waals surface area contributed by atoms with Crippen molar-refractivity contribution in [1.82, 2.24) is 4.90 Å². The second-order valence-corrected chi connectivity index (χ2v) is 9.20. The van der Waals surface area contributed by atoms with Gasteiger partial charge < -0.3 is 14.2 Å². The van der Waals surface area contributed by atoms with Crippen LogP contribution in [-0.2, 0) is 10.2 Å². The smallest absolute Gasteiger partial charge is 0.343 e. The van der Waals surface area contributed by atoms with Crippen molar-refractivity contribution in [3.05, 3.63) is 71.0 Å². The van der Waals surface area contributed by atoms with Crippen molar-refractivity contribution in [3.8, 4) is 11.5 Å². The largest absolute Gasteiger partial charge is 0.493 e. The van der Waals surface area contributed by atoms with Crippen LogP contribution in [0.25, 0.3) is 0 Å². The van der Waals surface area contributed by atoms with Crippen LogP contribution < -0.4 is 9.47 Å². The number of carbonyl (C=O) groups is 1. The molecular formula is C27H33NO4. The van der Waals surface area contributed by atoms with Crippen molar-refractivity contribution < 1.29 is 19.0 Å². The zero-order valence-electron chi connectivity index (χ0n) is 19.7. The molecular weight excluding hydrogens is 402 g/mol. The number of carbonyl (C=O) groups excluding carboxylic acids is 1. The summed E-state index contributed by atoms with van der Waals surface area (Å²) < 4.78 is 16.8. The van der Waals surface area contributed by atoms with Crippen molar-refractivity contribution in [2.45, 2.75) is 50.5 Å². The molecule has 5 nitrogen and oxygen atoms in total. The molecule has 1 heterocycles. The van der Waals surface area contributed by atoms with Gasteiger partial charge in [0.2, 0.25) is 0 Å². The van der Waals surface area contributed by atoms with Gasteiger partial charge in [-0.2, -0.15) is 0 Å². The Morgan fingerprint density at radius 2 is 1.75 bits per heavy atom. The number of rotatable bonds is 6. The van der Waals surface area contributed by atoms with Gasteiger partial charge in [-0.15, -0.1) is 0 Å². The molecule has 0 radical (unpaired) electrons. The van der Waals surface area contributed by atoms with E-state index in [-0.39, 0.29) is 17.4 Å². The van der Waals surface area contributed by atoms with Crippen molar-refractivity contribution in [2.24, 2.45) is 0 Å². The van der Waals surface area contributed by atoms with Crippen LogP contribution in [-0.4, -0.2) is 44.7 Å². The highest BCUT2D eigenvalue weighted by molar-refractivity contribution is 5.90. The Bertz CT molecular complexity index is 1010. The molecule has 2 atom stereocenters. The normalized spacial score (nSPS) is 22.9. The van der Waals surface area contributed by atoms with E-state index in [0.29, 0.717) is 11.5 Å². The van der Waals surface area contributed by atoms with Gasteiger partial charge in [-0.25, -0.2) is 4.79 Å². The van der Waals surface area contributed by atoms with Gasteiger partial charge in [0.15, 0.2) is 11.5 Å². The lowest BCUT2D eigenvalue weighted by Crippen LogP contribution is -2.42. The molecule has 0 unspecified atom stereocenters. The molecule has 4 rings (SSSR count). The topological polar surface area (TPSA) is 48.0 Å². The highest BCUT2D eigenvalue weighted by Crippen LogP contribution is 2.49. The van der Waals surface area contributed by atoms with Crippen molar-refractivity contribution in [3.63, 3.8) is 0 Å². The van der Waals surface area contributed by atoms with Crippen LogP contribution in [0, 0.1) is 0 Å². The molecule has 5 heteroatoms. The lowest BCUT2D eigenvalue weighted by Gasteiger charge is -2.40. The van der Waals surface area contributed by atoms with Crippen LogP contribution in [0.5, 0.6) is 11.5 Å². The third-order valence-corrected chi connectivity index (χ3v) is 7.11. The molecule has 0 amide bonds. The van der Waals surface area contributed by atoms with Gasteiger partial charge in [-0.3, -0.25) is 4.90 Å². The third kappa shape index (κ3) is 4.02. The van der Waals surface area contributed by atoms with Crippen LogP contribution in [0.1, 0.15) is 60.5 Å². The molecule has 1 aliphatic carbocycles. The average molecular weight is 436 g/mol. The number of allylic oxidation sites excluding steroid dienone is 1. The molecule has 32 heavy (non-hydrogen) atoms. The van der Waals surface area contributed by atoms with E-state index in [1.54, 1.807) is 14.2 Å². The Kier molecular flexibility index (Phi) is 6.29. The second kappa shape index (κ2) is 8.99. The van der Waals surface area contributed by atoms with E-state index in [1.807, 2.05) is 30.3 Å². The highest BCUT2D eigenvalue weighted by atomic mass is 16.5. The summed E-state index contributed by atoms with van der Waals surface area (Å²) in [6.07, 6.45) is 4.85. The van der Waals surface area contributed by atoms with Gasteiger partial charge in [0, 0.05) is 17.9 Å². The Morgan fingerprint density at radius 1 is 1.03 bits per heavy atom. The molecule has 0 spiro atoms. The molecule has 170 valence electrons. The quantitative estimate of drug-likeness (QED) is 0.576. The fourth-order valence-corrected chi connectivity index (χ4v) is 5.12. The summed E-state index contributed by atoms with van der Waals surface area (Å²) in [7, 11) is 5.46. The van der Waals surface area contributed by atoms with Crippen molar-refractivity contribution in [2.75, 3.05) is 27.8 Å². The average Bonchev–Trinajstić information content (AvgIpc) is 3.15. The first kappa shape index (κ1) is 22.4. The third-order valence-electron chi connectivity index (χ3n) is 7.11. The van der Waals surface area contributed by atoms with Gasteiger partial charge in [-0.05, 0) is 73.8 Å². The SMILES string of the molecule is COc1ccc([C@@]23CCC(OC(=O)c4ccc(C(C)C)cc4)=C[C@@H]2N(C)CC3)cc1OC. The standard InChI is InChI=1S/C27H33NO4/c1-18(2)19-6-8-20(9-7-19)26(29)32-22-12-13-27(14-15-28(3)25(27)17-22)21-10-11-23(30-4)24(16-21)31-5/h6-11,16-18,25H,12-15H2,1-5H3/t25-,27-/m0/s1. The summed E-state index contributed by atoms with van der Waals surface area (Å²) in [5.41, 5.74) is 3.02. The Morgan fingerprint density at radius 3 is 2.41 bits per heavy atom. The zero-order valence-corrected chi connectivity index (χ0v) is 19.7. The number of nitrogens with zero attached hydrogens (tertiary/aromatic N) is 1. The number of benzene rings is 2. The second-order valence-electron chi connectivity index (χ2n) is 9.20. The van der Waals surface area contributed by atoms with E-state index in [1.165, 1.54) is 11.1 Å². The minimum atomic E-state index is -0.286. The number of methoxy groups -OCH3 is 2. The molecule has 1 aliphatic heterocycles. The maximum atomic E-state index is 12.8. The van der Waals surface area contributed by atoms with Crippen LogP contribution in [0.15, 0.2) is 54.3 Å². The van der Waals surface area contributed by atoms with E-state index in [9.17, 15) is 4.79 Å². The van der Waals surface area contributed by atoms with E-state index >= 15 is 0 Å². The maximum Gasteiger partial charge on any atom is 0.343 e. The first-order valence-corrected chi connectivity index (χ1v) is 11.3. The summed E-state index contributed by atoms with van der Waals surface area (Å²) in [6.45, 7) is 5.28. The summed E-state index contributed by atoms with van der Waals surface area (Å²) >= 11 is 0. The van der Waals surface area contributed by atoms with Gasteiger partial charge in [0.25, 0.3) is 0 Å². The summed E-state index contributed by atoms with van der Waals surface area (Å²) in [4.78, 5) is 15.1. The highest BCUT2D eigenvalue weighted by Gasteiger charge is 2.48. The number of hydrogen-bond acceptors (Lipinski definition) is 5. The monoisotopic (exact) mass is 435 g/mol. The van der Waals surface area contributed by atoms with Crippen LogP contribution in [0.4, 0.5) is 0 Å². The minimum Gasteiger partial charge on any atom is -0.493 e. The Labute approximate surface area is 191 Å². The number of fused-ring (bicyclic) bond motifs is 1. The van der Waals surface area contributed by atoms with Crippen LogP contribution >= 0.6 is 0 Å². The van der Waals surface area contributed by atoms with Crippen molar-refractivity contribution in [1.29, 1.82) is 0 Å². The van der Waals surface area contributed by atoms with Crippen LogP contribution in [0.2, 0.25) is 0 Å². The Hall–Kier alpha value is -2.79. The molecule has 2 aliphatic rings. The fourth-order valence-electron chi connectivity index (χ4n) is 5.12. The zero-order chi connectivity index (χ0) is 22.9. The predicted octanol–water partition coefficient (Wildman–Crippen LogP) is 5.30. The van der Waals surface area contributed by atoms with Crippen LogP contribution in [0.3, 0.4) is 0 Å². The molecule has 0 saturated carbocycles. The number of esters is 1. The van der Waals surface area contributed by atoms with Gasteiger partial charge in [0.1, 0.15) is 5.76 Å². The molecule has 0 aromatic heterocycles. The molecule has 1 saturated heterocycles. The molecule has 1 fully saturated rings. The van der Waals surface area contributed by atoms with E-state index in [2.05, 4.69) is 44.0 Å². The number of hydrogen-bond donors (Lipinski definition) is 0. The van der Waals surface area contributed by atoms with E-state index in [0.717, 1.165) is 43.1 Å². The maximum absolute atomic E-state index is 12.8. The lowest BCUT2D eigenvalue weighted by atomic mass is 9.68. The van der Waals surface area contributed by atoms with Gasteiger partial charge in [0.05, 0.1) is 19.8 Å². The number of ether oxygens (including phenoxy) is 3. The lowest BCUT2D eigenvalue weighted by molar-refractivity contribution is 0.0593. The molecule has 0 N–H and O–H groups in total. The van der Waals surface area contributed by atoms with E-state index in [4.69, 9.17) is 14.2 Å². The summed E-state index contributed by atoms with van der Waals surface area (Å²) in [5, 5.41) is 0. The first-order chi connectivity index (χ1) is 15.4. The van der Waals surface area contributed by atoms with E-state index < -0.39 is 0 Å². The molecule has 2 aromatic carbocycles. The van der Waals surface area contributed by atoms with Crippen molar-refractivity contribution >= 4 is 5.97 Å². The van der Waals surface area contributed by atoms with Gasteiger partial charge >= 0.3 is 5.97 Å². The number of likely N-dealkylation sites (tertiary alicyclic amines) is 1. The summed E-state index contributed by atoms with van der Waals surface area (Å²) in [5.74, 6) is 2.39. The summed E-state index contributed by atoms with van der Waals surface area (Å²) in [6, 6.07) is 14.1. The minimum absolute atomic E-state index is 0.0247. The van der Waals surface area contributed by atoms with Gasteiger partial charge in [-0.1, -0.05) is 32.0 Å². The fraction of sp³-hybridized carbons (Fsp3) is 0.444.